The first-order chi connectivity index (χ1) is 15.6. The van der Waals surface area contributed by atoms with Crippen molar-refractivity contribution >= 4 is 35.3 Å². The maximum atomic E-state index is 13.2. The van der Waals surface area contributed by atoms with Crippen LogP contribution >= 0.6 is 23.5 Å². The summed E-state index contributed by atoms with van der Waals surface area (Å²) in [5, 5.41) is 10.4. The van der Waals surface area contributed by atoms with E-state index in [1.165, 1.54) is 42.0 Å². The highest BCUT2D eigenvalue weighted by Gasteiger charge is 2.17. The molecule has 0 saturated heterocycles. The molecule has 0 aliphatic rings. The standard InChI is InChI=1S/C20H17FN6OS2.C2H6/c1-3-4-5-16(22-2)25-19(28)18-15(29-14-8-6-13(21)7-9-14)10-11-17(26-18)30-20-23-12-24-27-20;1-2/h3-12H,1H2,2H3,(H,22,25,28)(H,23,24,27);1-2H3/b5-4-;. The minimum atomic E-state index is -0.422. The van der Waals surface area contributed by atoms with Gasteiger partial charge in [0.25, 0.3) is 5.91 Å². The summed E-state index contributed by atoms with van der Waals surface area (Å²) < 4.78 is 13.2. The number of aromatic nitrogens is 4. The average molecular weight is 471 g/mol. The van der Waals surface area contributed by atoms with Crippen molar-refractivity contribution < 1.29 is 9.18 Å². The Kier molecular flexibility index (Phi) is 10.3. The number of amidine groups is 1. The highest BCUT2D eigenvalue weighted by Crippen LogP contribution is 2.32. The van der Waals surface area contributed by atoms with E-state index >= 15 is 0 Å². The summed E-state index contributed by atoms with van der Waals surface area (Å²) >= 11 is 2.56. The summed E-state index contributed by atoms with van der Waals surface area (Å²) in [4.78, 5) is 27.0. The van der Waals surface area contributed by atoms with E-state index in [-0.39, 0.29) is 11.5 Å². The lowest BCUT2D eigenvalue weighted by molar-refractivity contribution is 0.0968. The Hall–Kier alpha value is -3.24. The number of pyridine rings is 1. The number of H-pyrrole nitrogens is 1. The molecule has 0 aliphatic heterocycles. The maximum Gasteiger partial charge on any atom is 0.276 e. The fourth-order valence-electron chi connectivity index (χ4n) is 2.21. The predicted molar refractivity (Wildman–Crippen MR) is 127 cm³/mol. The zero-order valence-electron chi connectivity index (χ0n) is 17.9. The number of rotatable bonds is 7. The SMILES string of the molecule is C=C/C=C\C(=NC)NC(=O)c1nc(Sc2ncn[nH]2)ccc1Sc1ccc(F)cc1.CC. The quantitative estimate of drug-likeness (QED) is 0.281. The molecule has 0 fully saturated rings. The van der Waals surface area contributed by atoms with Crippen LogP contribution in [-0.4, -0.2) is 39.0 Å². The van der Waals surface area contributed by atoms with Gasteiger partial charge < -0.3 is 5.32 Å². The molecule has 3 rings (SSSR count). The van der Waals surface area contributed by atoms with Gasteiger partial charge >= 0.3 is 0 Å². The Morgan fingerprint density at radius 1 is 1.19 bits per heavy atom. The first-order valence-electron chi connectivity index (χ1n) is 9.64. The van der Waals surface area contributed by atoms with E-state index in [1.807, 2.05) is 13.8 Å². The van der Waals surface area contributed by atoms with E-state index in [9.17, 15) is 9.18 Å². The highest BCUT2D eigenvalue weighted by atomic mass is 32.2. The van der Waals surface area contributed by atoms with Crippen molar-refractivity contribution in [2.75, 3.05) is 7.05 Å². The van der Waals surface area contributed by atoms with Crippen molar-refractivity contribution in [3.05, 3.63) is 79.0 Å². The third-order valence-electron chi connectivity index (χ3n) is 3.56. The summed E-state index contributed by atoms with van der Waals surface area (Å²) in [5.74, 6) is -0.381. The van der Waals surface area contributed by atoms with Crippen LogP contribution in [0, 0.1) is 5.82 Å². The van der Waals surface area contributed by atoms with E-state index in [4.69, 9.17) is 0 Å². The molecule has 1 aromatic carbocycles. The van der Waals surface area contributed by atoms with Gasteiger partial charge in [0.05, 0.1) is 0 Å². The van der Waals surface area contributed by atoms with Crippen LogP contribution < -0.4 is 5.32 Å². The predicted octanol–water partition coefficient (Wildman–Crippen LogP) is 5.17. The van der Waals surface area contributed by atoms with Gasteiger partial charge in [-0.05, 0) is 54.2 Å². The van der Waals surface area contributed by atoms with Gasteiger partial charge in [-0.3, -0.25) is 14.9 Å². The number of amides is 1. The minimum Gasteiger partial charge on any atom is -0.305 e. The van der Waals surface area contributed by atoms with Crippen LogP contribution in [0.25, 0.3) is 0 Å². The van der Waals surface area contributed by atoms with Crippen molar-refractivity contribution in [2.45, 2.75) is 33.8 Å². The summed E-state index contributed by atoms with van der Waals surface area (Å²) in [7, 11) is 1.57. The largest absolute Gasteiger partial charge is 0.305 e. The van der Waals surface area contributed by atoms with E-state index in [0.29, 0.717) is 20.9 Å². The van der Waals surface area contributed by atoms with Crippen LogP contribution in [0.1, 0.15) is 24.3 Å². The second kappa shape index (κ2) is 13.2. The van der Waals surface area contributed by atoms with Crippen molar-refractivity contribution in [1.82, 2.24) is 25.5 Å². The fraction of sp³-hybridized carbons (Fsp3) is 0.136. The number of hydrogen-bond acceptors (Lipinski definition) is 7. The lowest BCUT2D eigenvalue weighted by Gasteiger charge is -2.11. The van der Waals surface area contributed by atoms with E-state index in [2.05, 4.69) is 37.1 Å². The summed E-state index contributed by atoms with van der Waals surface area (Å²) in [6.45, 7) is 7.60. The zero-order valence-corrected chi connectivity index (χ0v) is 19.5. The Morgan fingerprint density at radius 2 is 1.94 bits per heavy atom. The van der Waals surface area contributed by atoms with E-state index in [0.717, 1.165) is 4.90 Å². The third kappa shape index (κ3) is 7.47. The first kappa shape index (κ1) is 25.0. The summed E-state index contributed by atoms with van der Waals surface area (Å²) in [5.41, 5.74) is 0.210. The smallest absolute Gasteiger partial charge is 0.276 e. The summed E-state index contributed by atoms with van der Waals surface area (Å²) in [6.07, 6.45) is 6.27. The van der Waals surface area contributed by atoms with Crippen LogP contribution in [0.4, 0.5) is 4.39 Å². The second-order valence-corrected chi connectivity index (χ2v) is 7.73. The fourth-order valence-corrected chi connectivity index (χ4v) is 3.78. The molecule has 0 atom stereocenters. The number of nitrogens with zero attached hydrogens (tertiary/aromatic N) is 4. The molecular formula is C22H23FN6OS2. The van der Waals surface area contributed by atoms with Gasteiger partial charge in [-0.15, -0.1) is 0 Å². The van der Waals surface area contributed by atoms with Gasteiger partial charge in [0.2, 0.25) is 0 Å². The average Bonchev–Trinajstić information content (AvgIpc) is 3.33. The molecule has 2 aromatic heterocycles. The molecular weight excluding hydrogens is 447 g/mol. The topological polar surface area (TPSA) is 95.9 Å². The molecule has 10 heteroatoms. The molecule has 0 unspecified atom stereocenters. The molecule has 2 heterocycles. The molecule has 0 radical (unpaired) electrons. The lowest BCUT2D eigenvalue weighted by Crippen LogP contribution is -2.30. The Balaban J connectivity index is 0.00000176. The van der Waals surface area contributed by atoms with E-state index < -0.39 is 5.91 Å². The van der Waals surface area contributed by atoms with Gasteiger partial charge in [0.15, 0.2) is 5.16 Å². The minimum absolute atomic E-state index is 0.210. The van der Waals surface area contributed by atoms with Crippen molar-refractivity contribution in [1.29, 1.82) is 0 Å². The van der Waals surface area contributed by atoms with Crippen molar-refractivity contribution in [3.63, 3.8) is 0 Å². The first-order valence-corrected chi connectivity index (χ1v) is 11.3. The number of benzene rings is 1. The number of aromatic amines is 1. The third-order valence-corrected chi connectivity index (χ3v) is 5.44. The number of hydrogen-bond donors (Lipinski definition) is 2. The van der Waals surface area contributed by atoms with Gasteiger partial charge in [-0.2, -0.15) is 5.10 Å². The van der Waals surface area contributed by atoms with Gasteiger partial charge in [0.1, 0.15) is 28.7 Å². The van der Waals surface area contributed by atoms with Crippen LogP contribution in [0.2, 0.25) is 0 Å². The molecule has 7 nitrogen and oxygen atoms in total. The number of halogens is 1. The van der Waals surface area contributed by atoms with Crippen LogP contribution in [0.3, 0.4) is 0 Å². The molecule has 0 bridgehead atoms. The van der Waals surface area contributed by atoms with Gasteiger partial charge in [-0.1, -0.05) is 44.3 Å². The molecule has 0 aliphatic carbocycles. The van der Waals surface area contributed by atoms with Gasteiger partial charge in [0, 0.05) is 16.8 Å². The van der Waals surface area contributed by atoms with Crippen LogP contribution in [-0.2, 0) is 0 Å². The Labute approximate surface area is 194 Å². The molecule has 32 heavy (non-hydrogen) atoms. The normalized spacial score (nSPS) is 11.1. The Morgan fingerprint density at radius 3 is 2.56 bits per heavy atom. The molecule has 1 amide bonds. The molecule has 0 spiro atoms. The Bertz CT molecular complexity index is 1080. The molecule has 0 saturated carbocycles. The van der Waals surface area contributed by atoms with Gasteiger partial charge in [-0.25, -0.2) is 14.4 Å². The number of allylic oxidation sites excluding steroid dienone is 2. The summed E-state index contributed by atoms with van der Waals surface area (Å²) in [6, 6.07) is 9.59. The maximum absolute atomic E-state index is 13.2. The number of nitrogens with one attached hydrogen (secondary N) is 2. The molecule has 3 aromatic rings. The number of carbonyl (C=O) groups excluding carboxylic acids is 1. The second-order valence-electron chi connectivity index (χ2n) is 5.60. The highest BCUT2D eigenvalue weighted by molar-refractivity contribution is 7.99. The van der Waals surface area contributed by atoms with E-state index in [1.54, 1.807) is 49.5 Å². The monoisotopic (exact) mass is 470 g/mol. The van der Waals surface area contributed by atoms with Crippen molar-refractivity contribution in [2.24, 2.45) is 4.99 Å². The molecule has 2 N–H and O–H groups in total. The molecule has 166 valence electrons. The van der Waals surface area contributed by atoms with Crippen molar-refractivity contribution in [3.8, 4) is 0 Å². The zero-order chi connectivity index (χ0) is 23.3. The number of carbonyl (C=O) groups is 1. The van der Waals surface area contributed by atoms with Crippen LogP contribution in [0.15, 0.2) is 92.5 Å². The lowest BCUT2D eigenvalue weighted by atomic mass is 10.3. The van der Waals surface area contributed by atoms with Crippen LogP contribution in [0.5, 0.6) is 0 Å². The number of aliphatic imine (C=N–C) groups is 1.